The van der Waals surface area contributed by atoms with E-state index in [9.17, 15) is 25.2 Å². The van der Waals surface area contributed by atoms with Gasteiger partial charge in [-0.2, -0.15) is 0 Å². The molecule has 5 fully saturated rings. The Morgan fingerprint density at radius 1 is 0.892 bits per heavy atom. The topological polar surface area (TPSA) is 190 Å². The molecule has 20 atom stereocenters. The summed E-state index contributed by atoms with van der Waals surface area (Å²) in [6.45, 7) is 17.7. The second-order valence-corrected chi connectivity index (χ2v) is 20.2. The molecular weight excluding hydrogens is 841 g/mol. The lowest BCUT2D eigenvalue weighted by atomic mass is 9.71. The Bertz CT molecular complexity index is 1830. The number of carbonyl (C=O) groups is 1. The van der Waals surface area contributed by atoms with Crippen molar-refractivity contribution in [2.75, 3.05) is 20.8 Å². The molecular formula is C50H76O15. The van der Waals surface area contributed by atoms with Crippen molar-refractivity contribution in [3.8, 4) is 0 Å². The first-order valence-electron chi connectivity index (χ1n) is 23.8. The first-order valence-corrected chi connectivity index (χ1v) is 23.8. The predicted molar refractivity (Wildman–Crippen MR) is 238 cm³/mol. The van der Waals surface area contributed by atoms with E-state index in [4.69, 9.17) is 47.4 Å². The SMILES string of the molecule is CO[C@H]1C[C@H](O[C@H]2[C@H](C)O[C@@H](O[C@H]3/C(C)=C/C[C@@H]4C[C@@H](C[C@]5(C[C@H](O)[C@H](C)[C@@H](/C(C)=C/C(C)C)O5)O4)OC(=O)[C@@H]4C=C(C)[C@@H](O)[C@H]5OC/C(=C\C=C\[C@@H]3C)[C@]54O)C[C@@H]2OC)O[C@@H](C)[C@@H]1O. The van der Waals surface area contributed by atoms with Gasteiger partial charge < -0.3 is 67.8 Å². The third-order valence-electron chi connectivity index (χ3n) is 14.8. The average Bonchev–Trinajstić information content (AvgIpc) is 3.59. The minimum Gasteiger partial charge on any atom is -0.462 e. The third kappa shape index (κ3) is 10.6. The Balaban J connectivity index is 1.20. The number of aliphatic hydroxyl groups excluding tert-OH is 3. The maximum Gasteiger partial charge on any atom is 0.316 e. The van der Waals surface area contributed by atoms with Crippen LogP contribution in [-0.2, 0) is 52.2 Å². The molecule has 0 amide bonds. The number of carbonyl (C=O) groups excluding carboxylic acids is 1. The molecule has 15 heteroatoms. The zero-order chi connectivity index (χ0) is 47.1. The van der Waals surface area contributed by atoms with Crippen molar-refractivity contribution in [1.29, 1.82) is 0 Å². The zero-order valence-electron chi connectivity index (χ0n) is 40.2. The van der Waals surface area contributed by atoms with Gasteiger partial charge in [0.2, 0.25) is 0 Å². The van der Waals surface area contributed by atoms with Crippen LogP contribution in [0.5, 0.6) is 0 Å². The molecule has 0 unspecified atom stereocenters. The number of hydrogen-bond acceptors (Lipinski definition) is 15. The van der Waals surface area contributed by atoms with Crippen LogP contribution in [0.15, 0.2) is 58.7 Å². The molecule has 0 aromatic rings. The molecule has 7 aliphatic rings. The predicted octanol–water partition coefficient (Wildman–Crippen LogP) is 5.13. The molecule has 65 heavy (non-hydrogen) atoms. The summed E-state index contributed by atoms with van der Waals surface area (Å²) in [6, 6.07) is 0. The highest BCUT2D eigenvalue weighted by molar-refractivity contribution is 5.78. The zero-order valence-corrected chi connectivity index (χ0v) is 40.2. The van der Waals surface area contributed by atoms with Crippen molar-refractivity contribution in [1.82, 2.24) is 0 Å². The van der Waals surface area contributed by atoms with E-state index in [2.05, 4.69) is 26.0 Å². The van der Waals surface area contributed by atoms with Crippen LogP contribution in [0, 0.1) is 23.7 Å². The fraction of sp³-hybridized carbons (Fsp3) is 0.780. The quantitative estimate of drug-likeness (QED) is 0.185. The Hall–Kier alpha value is -2.35. The lowest BCUT2D eigenvalue weighted by Gasteiger charge is -2.51. The maximum atomic E-state index is 14.4. The number of aliphatic hydroxyl groups is 4. The molecule has 15 nitrogen and oxygen atoms in total. The molecule has 7 rings (SSSR count). The molecule has 0 radical (unpaired) electrons. The third-order valence-corrected chi connectivity index (χ3v) is 14.8. The van der Waals surface area contributed by atoms with Gasteiger partial charge in [0.1, 0.15) is 42.0 Å². The van der Waals surface area contributed by atoms with E-state index in [1.807, 2.05) is 46.8 Å². The molecule has 366 valence electrons. The fourth-order valence-electron chi connectivity index (χ4n) is 11.2. The van der Waals surface area contributed by atoms with Crippen molar-refractivity contribution >= 4 is 5.97 Å². The number of ether oxygens (including phenoxy) is 10. The van der Waals surface area contributed by atoms with Crippen LogP contribution in [0.4, 0.5) is 0 Å². The fourth-order valence-corrected chi connectivity index (χ4v) is 11.2. The number of methoxy groups -OCH3 is 2. The van der Waals surface area contributed by atoms with Crippen LogP contribution >= 0.6 is 0 Å². The van der Waals surface area contributed by atoms with E-state index in [-0.39, 0.29) is 37.2 Å². The highest BCUT2D eigenvalue weighted by Crippen LogP contribution is 2.48. The van der Waals surface area contributed by atoms with Crippen molar-refractivity contribution in [2.45, 2.75) is 204 Å². The minimum atomic E-state index is -1.88. The summed E-state index contributed by atoms with van der Waals surface area (Å²) < 4.78 is 63.8. The summed E-state index contributed by atoms with van der Waals surface area (Å²) in [6.07, 6.45) is 3.86. The summed E-state index contributed by atoms with van der Waals surface area (Å²) in [5.41, 5.74) is 0.989. The summed E-state index contributed by atoms with van der Waals surface area (Å²) in [5, 5.41) is 45.9. The van der Waals surface area contributed by atoms with E-state index in [0.29, 0.717) is 36.8 Å². The molecule has 0 aromatic heterocycles. The first-order chi connectivity index (χ1) is 30.8. The van der Waals surface area contributed by atoms with Crippen LogP contribution in [0.1, 0.15) is 101 Å². The number of esters is 1. The normalized spacial score (nSPS) is 48.7. The molecule has 5 saturated heterocycles. The first kappa shape index (κ1) is 50.5. The number of allylic oxidation sites excluding steroid dienone is 3. The number of fused-ring (bicyclic) bond motifs is 2. The highest BCUT2D eigenvalue weighted by atomic mass is 16.7. The van der Waals surface area contributed by atoms with Gasteiger partial charge in [0, 0.05) is 58.2 Å². The van der Waals surface area contributed by atoms with Crippen LogP contribution < -0.4 is 0 Å². The van der Waals surface area contributed by atoms with Crippen LogP contribution in [0.2, 0.25) is 0 Å². The van der Waals surface area contributed by atoms with Crippen LogP contribution in [0.25, 0.3) is 0 Å². The Morgan fingerprint density at radius 2 is 1.58 bits per heavy atom. The van der Waals surface area contributed by atoms with Crippen molar-refractivity contribution in [3.63, 3.8) is 0 Å². The Labute approximate surface area is 385 Å². The van der Waals surface area contributed by atoms with Gasteiger partial charge in [-0.1, -0.05) is 64.2 Å². The van der Waals surface area contributed by atoms with Gasteiger partial charge in [-0.05, 0) is 69.2 Å². The summed E-state index contributed by atoms with van der Waals surface area (Å²) in [7, 11) is 3.20. The van der Waals surface area contributed by atoms with Gasteiger partial charge in [-0.3, -0.25) is 4.79 Å². The number of rotatable bonds is 8. The van der Waals surface area contributed by atoms with Crippen LogP contribution in [0.3, 0.4) is 0 Å². The number of hydrogen-bond donors (Lipinski definition) is 4. The second kappa shape index (κ2) is 20.7. The summed E-state index contributed by atoms with van der Waals surface area (Å²) in [5.74, 6) is -3.23. The maximum absolute atomic E-state index is 14.4. The molecule has 1 aliphatic carbocycles. The molecule has 4 N–H and O–H groups in total. The van der Waals surface area contributed by atoms with Gasteiger partial charge in [-0.15, -0.1) is 0 Å². The van der Waals surface area contributed by atoms with E-state index in [0.717, 1.165) is 11.1 Å². The Kier molecular flexibility index (Phi) is 16.1. The molecule has 6 heterocycles. The van der Waals surface area contributed by atoms with Crippen molar-refractivity contribution in [3.05, 3.63) is 58.7 Å². The molecule has 1 spiro atoms. The van der Waals surface area contributed by atoms with E-state index in [1.165, 1.54) is 0 Å². The minimum absolute atomic E-state index is 0.00463. The summed E-state index contributed by atoms with van der Waals surface area (Å²) >= 11 is 0. The van der Waals surface area contributed by atoms with Gasteiger partial charge in [-0.25, -0.2) is 0 Å². The van der Waals surface area contributed by atoms with Crippen molar-refractivity contribution in [2.24, 2.45) is 23.7 Å². The Morgan fingerprint density at radius 3 is 2.29 bits per heavy atom. The van der Waals surface area contributed by atoms with E-state index in [1.54, 1.807) is 40.2 Å². The molecule has 6 aliphatic heterocycles. The second-order valence-electron chi connectivity index (χ2n) is 20.2. The smallest absolute Gasteiger partial charge is 0.316 e. The van der Waals surface area contributed by atoms with E-state index >= 15 is 0 Å². The van der Waals surface area contributed by atoms with Crippen molar-refractivity contribution < 1.29 is 72.6 Å². The van der Waals surface area contributed by atoms with Gasteiger partial charge >= 0.3 is 5.97 Å². The average molecular weight is 917 g/mol. The largest absolute Gasteiger partial charge is 0.462 e. The van der Waals surface area contributed by atoms with Gasteiger partial charge in [0.15, 0.2) is 18.4 Å². The molecule has 2 bridgehead atoms. The van der Waals surface area contributed by atoms with Gasteiger partial charge in [0.25, 0.3) is 0 Å². The van der Waals surface area contributed by atoms with E-state index < -0.39 is 115 Å². The monoisotopic (exact) mass is 917 g/mol. The summed E-state index contributed by atoms with van der Waals surface area (Å²) in [4.78, 5) is 14.4. The standard InChI is InChI=1S/C50H76O15/c1-25(2)17-29(6)45-30(7)37(51)23-49(65-45)22-35-19-34(64-49)16-15-27(4)44(26(3)13-12-14-33-24-58-47-42(52)28(5)18-36(48(54)61-35)50(33,47)55)62-41-21-39(57-11)46(32(9)60-41)63-40-20-38(56-10)43(53)31(8)59-40/h12-15,17-18,25-26,30-32,34-47,51-53,55H,16,19-24H2,1-11H3/b13-12+,27-15+,29-17+,33-14+/t26-,30-,31-,32-,34+,35-,36-,37-,38-,39-,40-,41-,42+,43-,44+,45+,46-,47+,49-,50+/m0/s1. The molecule has 0 aromatic carbocycles. The molecule has 0 saturated carbocycles. The lowest BCUT2D eigenvalue weighted by Crippen LogP contribution is -2.59. The highest BCUT2D eigenvalue weighted by Gasteiger charge is 2.60. The lowest BCUT2D eigenvalue weighted by molar-refractivity contribution is -0.343. The van der Waals surface area contributed by atoms with Crippen LogP contribution in [-0.4, -0.2) is 151 Å². The van der Waals surface area contributed by atoms with Gasteiger partial charge in [0.05, 0.1) is 55.4 Å².